The van der Waals surface area contributed by atoms with Crippen LogP contribution in [0, 0.1) is 11.3 Å². The first-order chi connectivity index (χ1) is 28.1. The molecule has 23 heteroatoms. The van der Waals surface area contributed by atoms with Crippen molar-refractivity contribution in [3.8, 4) is 0 Å². The van der Waals surface area contributed by atoms with Gasteiger partial charge < -0.3 is 52.0 Å². The summed E-state index contributed by atoms with van der Waals surface area (Å²) in [7, 11) is 0. The summed E-state index contributed by atoms with van der Waals surface area (Å²) < 4.78 is 39.0. The minimum absolute atomic E-state index is 0.0953. The monoisotopic (exact) mass is 892 g/mol. The second-order valence-electron chi connectivity index (χ2n) is 15.6. The summed E-state index contributed by atoms with van der Waals surface area (Å²) in [6.45, 7) is 7.89. The molecule has 0 saturated carbocycles. The second kappa shape index (κ2) is 24.5. The van der Waals surface area contributed by atoms with E-state index in [2.05, 4.69) is 26.6 Å². The second-order valence-corrected chi connectivity index (χ2v) is 16.0. The lowest BCUT2D eigenvalue weighted by Gasteiger charge is -2.33. The Morgan fingerprint density at radius 1 is 0.656 bits per heavy atom. The van der Waals surface area contributed by atoms with Crippen molar-refractivity contribution in [3.05, 3.63) is 34.9 Å². The van der Waals surface area contributed by atoms with E-state index in [1.165, 1.54) is 45.0 Å². The predicted octanol–water partition coefficient (Wildman–Crippen LogP) is 1.24. The molecule has 0 aliphatic carbocycles. The molecule has 0 aromatic heterocycles. The van der Waals surface area contributed by atoms with E-state index in [0.717, 1.165) is 0 Å². The molecule has 0 radical (unpaired) electrons. The molecular formula is C38H52ClF3N6O13. The fraction of sp³-hybridized carbons (Fsp3) is 0.579. The fourth-order valence-corrected chi connectivity index (χ4v) is 5.69. The van der Waals surface area contributed by atoms with Crippen molar-refractivity contribution in [2.24, 2.45) is 11.3 Å². The van der Waals surface area contributed by atoms with Crippen molar-refractivity contribution in [1.82, 2.24) is 31.9 Å². The number of amides is 6. The number of halogens is 4. The summed E-state index contributed by atoms with van der Waals surface area (Å²) in [4.78, 5) is 126. The number of carboxylic acid groups (broad SMARTS) is 3. The maximum absolute atomic E-state index is 14.1. The van der Waals surface area contributed by atoms with E-state index in [0.29, 0.717) is 10.6 Å². The van der Waals surface area contributed by atoms with Gasteiger partial charge in [-0.3, -0.25) is 43.2 Å². The molecule has 19 nitrogen and oxygen atoms in total. The third kappa shape index (κ3) is 21.3. The molecule has 0 bridgehead atoms. The molecule has 0 aliphatic rings. The van der Waals surface area contributed by atoms with Gasteiger partial charge >= 0.3 is 24.1 Å². The zero-order valence-corrected chi connectivity index (χ0v) is 34.8. The van der Waals surface area contributed by atoms with Gasteiger partial charge in [0.1, 0.15) is 36.5 Å². The molecule has 340 valence electrons. The number of alkyl halides is 3. The quantitative estimate of drug-likeness (QED) is 0.0626. The van der Waals surface area contributed by atoms with Gasteiger partial charge in [-0.05, 0) is 41.9 Å². The molecule has 61 heavy (non-hydrogen) atoms. The lowest BCUT2D eigenvalue weighted by atomic mass is 9.85. The van der Waals surface area contributed by atoms with Crippen LogP contribution in [0.4, 0.5) is 13.2 Å². The normalized spacial score (nSPS) is 14.5. The average molecular weight is 893 g/mol. The van der Waals surface area contributed by atoms with Gasteiger partial charge in [0, 0.05) is 24.3 Å². The molecule has 6 amide bonds. The van der Waals surface area contributed by atoms with E-state index < -0.39 is 140 Å². The fourth-order valence-electron chi connectivity index (χ4n) is 5.56. The Hall–Kier alpha value is -5.80. The lowest BCUT2D eigenvalue weighted by Crippen LogP contribution is -2.62. The number of aliphatic carboxylic acids is 3. The van der Waals surface area contributed by atoms with Crippen molar-refractivity contribution in [2.75, 3.05) is 0 Å². The standard InChI is InChI=1S/C38H52ClF3N6O13/c1-19(2)14-24(33(58)43-22(18-49)17-38(40,41)42)47-36(61)31(37(3,4)5)48-35(60)25(15-20-6-8-21(39)9-7-20)46-32(57)23(10-12-28(51)52)45-34(59)26(16-30(55)56)44-27(50)11-13-29(53)54/h6-9,18-19,22-26,31H,10-17H2,1-5H3,(H,43,58)(H,44,50)(H,45,59)(H,46,57)(H,47,61)(H,48,60)(H,51,52)(H,53,54)(H,55,56)/t22-,23-,24-,25-,26-,31+/m0/s1. The Labute approximate surface area is 353 Å². The van der Waals surface area contributed by atoms with Crippen LogP contribution in [0.25, 0.3) is 0 Å². The van der Waals surface area contributed by atoms with Crippen molar-refractivity contribution in [1.29, 1.82) is 0 Å². The van der Waals surface area contributed by atoms with E-state index in [1.54, 1.807) is 13.8 Å². The number of hydrogen-bond acceptors (Lipinski definition) is 10. The van der Waals surface area contributed by atoms with Gasteiger partial charge in [-0.25, -0.2) is 0 Å². The van der Waals surface area contributed by atoms with Crippen LogP contribution >= 0.6 is 11.6 Å². The third-order valence-electron chi connectivity index (χ3n) is 8.56. The van der Waals surface area contributed by atoms with Gasteiger partial charge in [0.15, 0.2) is 0 Å². The number of nitrogens with one attached hydrogen (secondary N) is 6. The Morgan fingerprint density at radius 3 is 1.66 bits per heavy atom. The number of benzene rings is 1. The van der Waals surface area contributed by atoms with Crippen LogP contribution in [0.15, 0.2) is 24.3 Å². The first kappa shape index (κ1) is 53.2. The first-order valence-corrected chi connectivity index (χ1v) is 19.2. The predicted molar refractivity (Wildman–Crippen MR) is 208 cm³/mol. The molecular weight excluding hydrogens is 841 g/mol. The summed E-state index contributed by atoms with van der Waals surface area (Å²) in [5, 5.41) is 41.5. The Bertz CT molecular complexity index is 1760. The van der Waals surface area contributed by atoms with E-state index in [9.17, 15) is 71.3 Å². The average Bonchev–Trinajstić information content (AvgIpc) is 3.12. The summed E-state index contributed by atoms with van der Waals surface area (Å²) in [5.41, 5.74) is -0.753. The molecule has 0 fully saturated rings. The largest absolute Gasteiger partial charge is 0.481 e. The summed E-state index contributed by atoms with van der Waals surface area (Å²) in [6.07, 6.45) is -10.6. The topological polar surface area (TPSA) is 304 Å². The minimum atomic E-state index is -4.80. The Morgan fingerprint density at radius 2 is 1.16 bits per heavy atom. The lowest BCUT2D eigenvalue weighted by molar-refractivity contribution is -0.147. The van der Waals surface area contributed by atoms with Gasteiger partial charge in [0.25, 0.3) is 0 Å². The highest BCUT2D eigenvalue weighted by molar-refractivity contribution is 6.30. The van der Waals surface area contributed by atoms with Gasteiger partial charge in [-0.15, -0.1) is 0 Å². The molecule has 6 atom stereocenters. The van der Waals surface area contributed by atoms with Crippen LogP contribution < -0.4 is 31.9 Å². The molecule has 0 heterocycles. The molecule has 1 aromatic rings. The number of rotatable bonds is 25. The smallest absolute Gasteiger partial charge is 0.391 e. The van der Waals surface area contributed by atoms with E-state index in [4.69, 9.17) is 16.7 Å². The molecule has 1 rings (SSSR count). The van der Waals surface area contributed by atoms with Gasteiger partial charge in [0.2, 0.25) is 35.4 Å². The Balaban J connectivity index is 3.54. The van der Waals surface area contributed by atoms with Crippen LogP contribution in [0.1, 0.15) is 85.1 Å². The summed E-state index contributed by atoms with van der Waals surface area (Å²) >= 11 is 6.01. The van der Waals surface area contributed by atoms with Gasteiger partial charge in [0.05, 0.1) is 25.3 Å². The van der Waals surface area contributed by atoms with Gasteiger partial charge in [-0.1, -0.05) is 58.4 Å². The number of carbonyl (C=O) groups is 10. The molecule has 1 aromatic carbocycles. The molecule has 0 saturated heterocycles. The van der Waals surface area contributed by atoms with Crippen LogP contribution in [-0.4, -0.2) is 117 Å². The highest BCUT2D eigenvalue weighted by atomic mass is 35.5. The number of aldehydes is 1. The summed E-state index contributed by atoms with van der Waals surface area (Å²) in [6, 6.07) is -4.25. The number of hydrogen-bond donors (Lipinski definition) is 9. The van der Waals surface area contributed by atoms with Crippen LogP contribution in [-0.2, 0) is 54.4 Å². The SMILES string of the molecule is CC(C)C[C@H](NC(=O)[C@@H](NC(=O)[C@H](Cc1ccc(Cl)cc1)NC(=O)[C@H](CCC(=O)O)NC(=O)[C@H](CC(=O)O)NC(=O)CCC(=O)O)C(C)(C)C)C(=O)N[C@H](C=O)CC(F)(F)F. The Kier molecular flexibility index (Phi) is 21.3. The molecule has 0 spiro atoms. The third-order valence-corrected chi connectivity index (χ3v) is 8.81. The summed E-state index contributed by atoms with van der Waals surface area (Å²) in [5.74, 6) is -11.2. The van der Waals surface area contributed by atoms with E-state index >= 15 is 0 Å². The van der Waals surface area contributed by atoms with E-state index in [-0.39, 0.29) is 25.0 Å². The van der Waals surface area contributed by atoms with Crippen molar-refractivity contribution >= 4 is 71.2 Å². The van der Waals surface area contributed by atoms with Crippen LogP contribution in [0.5, 0.6) is 0 Å². The van der Waals surface area contributed by atoms with Crippen LogP contribution in [0.2, 0.25) is 5.02 Å². The van der Waals surface area contributed by atoms with Crippen LogP contribution in [0.3, 0.4) is 0 Å². The number of carboxylic acids is 3. The van der Waals surface area contributed by atoms with Crippen molar-refractivity contribution in [3.63, 3.8) is 0 Å². The van der Waals surface area contributed by atoms with Crippen molar-refractivity contribution < 1.29 is 76.4 Å². The highest BCUT2D eigenvalue weighted by Gasteiger charge is 2.39. The first-order valence-electron chi connectivity index (χ1n) is 18.8. The highest BCUT2D eigenvalue weighted by Crippen LogP contribution is 2.23. The van der Waals surface area contributed by atoms with Gasteiger partial charge in [-0.2, -0.15) is 13.2 Å². The maximum atomic E-state index is 14.1. The zero-order chi connectivity index (χ0) is 46.8. The van der Waals surface area contributed by atoms with Crippen molar-refractivity contribution in [2.45, 2.75) is 128 Å². The molecule has 9 N–H and O–H groups in total. The minimum Gasteiger partial charge on any atom is -0.481 e. The van der Waals surface area contributed by atoms with E-state index in [1.807, 2.05) is 5.32 Å². The molecule has 0 aliphatic heterocycles. The molecule has 0 unspecified atom stereocenters. The zero-order valence-electron chi connectivity index (χ0n) is 34.0. The maximum Gasteiger partial charge on any atom is 0.391 e. The number of carbonyl (C=O) groups excluding carboxylic acids is 7.